The molecule has 0 unspecified atom stereocenters. The summed E-state index contributed by atoms with van der Waals surface area (Å²) in [7, 11) is 0. The molecule has 0 aliphatic carbocycles. The highest BCUT2D eigenvalue weighted by molar-refractivity contribution is 7.98. The third-order valence-corrected chi connectivity index (χ3v) is 4.56. The monoisotopic (exact) mass is 387 g/mol. The van der Waals surface area contributed by atoms with Crippen molar-refractivity contribution in [1.29, 1.82) is 0 Å². The van der Waals surface area contributed by atoms with E-state index in [1.54, 1.807) is 43.0 Å². The third-order valence-electron chi connectivity index (χ3n) is 3.81. The fraction of sp³-hybridized carbons (Fsp3) is 0.200. The SMILES string of the molecule is CSc1ccc(NC(=O)O[C@@H](c2ccc(O)cc2)[C@H](C)/C=C/C(=O)O)cc1. The predicted molar refractivity (Wildman–Crippen MR) is 105 cm³/mol. The topological polar surface area (TPSA) is 95.9 Å². The van der Waals surface area contributed by atoms with Gasteiger partial charge in [0, 0.05) is 22.6 Å². The fourth-order valence-electron chi connectivity index (χ4n) is 2.41. The first-order valence-electron chi connectivity index (χ1n) is 8.21. The molecule has 0 fully saturated rings. The van der Waals surface area contributed by atoms with Crippen molar-refractivity contribution in [2.45, 2.75) is 17.9 Å². The molecule has 2 rings (SSSR count). The smallest absolute Gasteiger partial charge is 0.412 e. The van der Waals surface area contributed by atoms with Gasteiger partial charge in [0.15, 0.2) is 0 Å². The average Bonchev–Trinajstić information content (AvgIpc) is 2.65. The van der Waals surface area contributed by atoms with E-state index in [4.69, 9.17) is 9.84 Å². The number of carboxylic acids is 1. The minimum Gasteiger partial charge on any atom is -0.508 e. The highest BCUT2D eigenvalue weighted by atomic mass is 32.2. The van der Waals surface area contributed by atoms with Crippen LogP contribution in [0.2, 0.25) is 0 Å². The number of thioether (sulfide) groups is 1. The van der Waals surface area contributed by atoms with Crippen molar-refractivity contribution in [2.75, 3.05) is 11.6 Å². The van der Waals surface area contributed by atoms with Crippen molar-refractivity contribution in [1.82, 2.24) is 0 Å². The Morgan fingerprint density at radius 1 is 1.11 bits per heavy atom. The number of hydrogen-bond acceptors (Lipinski definition) is 5. The van der Waals surface area contributed by atoms with E-state index in [9.17, 15) is 14.7 Å². The summed E-state index contributed by atoms with van der Waals surface area (Å²) in [6, 6.07) is 13.5. The van der Waals surface area contributed by atoms with Gasteiger partial charge in [-0.15, -0.1) is 11.8 Å². The Kier molecular flexibility index (Phi) is 7.31. The number of ether oxygens (including phenoxy) is 1. The summed E-state index contributed by atoms with van der Waals surface area (Å²) in [5, 5.41) is 21.0. The van der Waals surface area contributed by atoms with Gasteiger partial charge in [-0.25, -0.2) is 9.59 Å². The number of carbonyl (C=O) groups excluding carboxylic acids is 1. The van der Waals surface area contributed by atoms with E-state index in [1.165, 1.54) is 18.2 Å². The molecule has 0 heterocycles. The van der Waals surface area contributed by atoms with Gasteiger partial charge in [0.1, 0.15) is 11.9 Å². The number of phenolic OH excluding ortho intramolecular Hbond substituents is 1. The van der Waals surface area contributed by atoms with E-state index in [0.717, 1.165) is 11.0 Å². The molecule has 6 nitrogen and oxygen atoms in total. The number of rotatable bonds is 7. The zero-order chi connectivity index (χ0) is 19.8. The van der Waals surface area contributed by atoms with Crippen molar-refractivity contribution >= 4 is 29.5 Å². The number of anilines is 1. The summed E-state index contributed by atoms with van der Waals surface area (Å²) in [4.78, 5) is 24.2. The van der Waals surface area contributed by atoms with Gasteiger partial charge in [-0.3, -0.25) is 5.32 Å². The first kappa shape index (κ1) is 20.4. The molecule has 0 spiro atoms. The van der Waals surface area contributed by atoms with Gasteiger partial charge in [0.05, 0.1) is 0 Å². The highest BCUT2D eigenvalue weighted by Gasteiger charge is 2.22. The second kappa shape index (κ2) is 9.68. The van der Waals surface area contributed by atoms with Crippen LogP contribution in [0, 0.1) is 5.92 Å². The minimum absolute atomic E-state index is 0.0876. The standard InChI is InChI=1S/C20H21NO5S/c1-13(3-12-18(23)24)19(14-4-8-16(22)9-5-14)26-20(25)21-15-6-10-17(27-2)11-7-15/h3-13,19,22H,1-2H3,(H,21,25)(H,23,24)/b12-3+/t13-,19-/m1/s1. The van der Waals surface area contributed by atoms with Crippen LogP contribution in [0.1, 0.15) is 18.6 Å². The molecule has 0 aromatic heterocycles. The van der Waals surface area contributed by atoms with Crippen LogP contribution in [-0.2, 0) is 9.53 Å². The van der Waals surface area contributed by atoms with Crippen LogP contribution in [0.3, 0.4) is 0 Å². The van der Waals surface area contributed by atoms with Crippen LogP contribution in [0.15, 0.2) is 65.6 Å². The molecule has 7 heteroatoms. The van der Waals surface area contributed by atoms with E-state index in [2.05, 4.69) is 5.32 Å². The Morgan fingerprint density at radius 2 is 1.74 bits per heavy atom. The molecule has 142 valence electrons. The number of phenols is 1. The lowest BCUT2D eigenvalue weighted by Crippen LogP contribution is -2.21. The molecule has 2 aromatic rings. The Morgan fingerprint density at radius 3 is 2.30 bits per heavy atom. The zero-order valence-electron chi connectivity index (χ0n) is 15.0. The van der Waals surface area contributed by atoms with Crippen molar-refractivity contribution in [3.8, 4) is 5.75 Å². The molecule has 2 atom stereocenters. The van der Waals surface area contributed by atoms with Gasteiger partial charge in [0.2, 0.25) is 0 Å². The average molecular weight is 387 g/mol. The summed E-state index contributed by atoms with van der Waals surface area (Å²) in [5.74, 6) is -1.38. The van der Waals surface area contributed by atoms with Gasteiger partial charge >= 0.3 is 12.1 Å². The van der Waals surface area contributed by atoms with Crippen molar-refractivity contribution < 1.29 is 24.5 Å². The summed E-state index contributed by atoms with van der Waals surface area (Å²) >= 11 is 1.60. The molecule has 0 saturated heterocycles. The fourth-order valence-corrected chi connectivity index (χ4v) is 2.82. The van der Waals surface area contributed by atoms with E-state index >= 15 is 0 Å². The molecule has 1 amide bonds. The largest absolute Gasteiger partial charge is 0.508 e. The van der Waals surface area contributed by atoms with Crippen LogP contribution in [0.4, 0.5) is 10.5 Å². The van der Waals surface area contributed by atoms with Crippen molar-refractivity contribution in [3.05, 3.63) is 66.2 Å². The first-order valence-corrected chi connectivity index (χ1v) is 9.43. The van der Waals surface area contributed by atoms with Gasteiger partial charge < -0.3 is 14.9 Å². The second-order valence-corrected chi connectivity index (χ2v) is 6.71. The Balaban J connectivity index is 2.15. The number of carboxylic acid groups (broad SMARTS) is 1. The lowest BCUT2D eigenvalue weighted by Gasteiger charge is -2.22. The van der Waals surface area contributed by atoms with E-state index in [1.807, 2.05) is 18.4 Å². The Labute approximate surface area is 161 Å². The molecule has 2 aromatic carbocycles. The normalized spacial score (nSPS) is 13.1. The number of carbonyl (C=O) groups is 2. The maximum Gasteiger partial charge on any atom is 0.412 e. The third kappa shape index (κ3) is 6.38. The molecule has 0 aliphatic heterocycles. The molecule has 0 aliphatic rings. The first-order chi connectivity index (χ1) is 12.9. The lowest BCUT2D eigenvalue weighted by atomic mass is 9.96. The molecule has 27 heavy (non-hydrogen) atoms. The molecule has 3 N–H and O–H groups in total. The second-order valence-electron chi connectivity index (χ2n) is 5.83. The summed E-state index contributed by atoms with van der Waals surface area (Å²) in [6.45, 7) is 1.75. The predicted octanol–water partition coefficient (Wildman–Crippen LogP) is 4.68. The van der Waals surface area contributed by atoms with Crippen molar-refractivity contribution in [3.63, 3.8) is 0 Å². The van der Waals surface area contributed by atoms with E-state index in [-0.39, 0.29) is 5.75 Å². The van der Waals surface area contributed by atoms with E-state index in [0.29, 0.717) is 11.3 Å². The summed E-state index contributed by atoms with van der Waals surface area (Å²) in [5.41, 5.74) is 1.24. The van der Waals surface area contributed by atoms with Gasteiger partial charge in [-0.05, 0) is 48.2 Å². The number of hydrogen-bond donors (Lipinski definition) is 3. The van der Waals surface area contributed by atoms with Gasteiger partial charge in [-0.1, -0.05) is 25.1 Å². The van der Waals surface area contributed by atoms with Crippen LogP contribution in [-0.4, -0.2) is 28.5 Å². The maximum atomic E-state index is 12.3. The van der Waals surface area contributed by atoms with E-state index < -0.39 is 24.1 Å². The van der Waals surface area contributed by atoms with Crippen LogP contribution < -0.4 is 5.32 Å². The molecular formula is C20H21NO5S. The van der Waals surface area contributed by atoms with Gasteiger partial charge in [0.25, 0.3) is 0 Å². The summed E-state index contributed by atoms with van der Waals surface area (Å²) < 4.78 is 5.55. The lowest BCUT2D eigenvalue weighted by molar-refractivity contribution is -0.131. The number of aliphatic carboxylic acids is 1. The summed E-state index contributed by atoms with van der Waals surface area (Å²) in [6.07, 6.45) is 3.07. The molecular weight excluding hydrogens is 366 g/mol. The van der Waals surface area contributed by atoms with Crippen LogP contribution in [0.5, 0.6) is 5.75 Å². The number of amides is 1. The Bertz CT molecular complexity index is 802. The molecule has 0 bridgehead atoms. The van der Waals surface area contributed by atoms with Crippen LogP contribution >= 0.6 is 11.8 Å². The highest BCUT2D eigenvalue weighted by Crippen LogP contribution is 2.29. The maximum absolute atomic E-state index is 12.3. The van der Waals surface area contributed by atoms with Gasteiger partial charge in [-0.2, -0.15) is 0 Å². The molecule has 0 radical (unpaired) electrons. The number of benzene rings is 2. The number of nitrogens with one attached hydrogen (secondary N) is 1. The van der Waals surface area contributed by atoms with Crippen molar-refractivity contribution in [2.24, 2.45) is 5.92 Å². The minimum atomic E-state index is -1.08. The number of aromatic hydroxyl groups is 1. The zero-order valence-corrected chi connectivity index (χ0v) is 15.8. The van der Waals surface area contributed by atoms with Crippen LogP contribution in [0.25, 0.3) is 0 Å². The molecule has 0 saturated carbocycles. The Hall–Kier alpha value is -2.93. The quantitative estimate of drug-likeness (QED) is 0.471.